The van der Waals surface area contributed by atoms with Crippen LogP contribution in [0.3, 0.4) is 0 Å². The average molecular weight is 150 g/mol. The molecule has 0 unspecified atom stereocenters. The van der Waals surface area contributed by atoms with Crippen molar-refractivity contribution in [3.05, 3.63) is 0 Å². The Morgan fingerprint density at radius 2 is 1.00 bits per heavy atom. The van der Waals surface area contributed by atoms with E-state index >= 15 is 0 Å². The summed E-state index contributed by atoms with van der Waals surface area (Å²) in [5.74, 6) is 0. The van der Waals surface area contributed by atoms with Gasteiger partial charge in [0.25, 0.3) is 0 Å². The van der Waals surface area contributed by atoms with Gasteiger partial charge in [0.2, 0.25) is 0 Å². The van der Waals surface area contributed by atoms with Crippen molar-refractivity contribution in [2.24, 2.45) is 0 Å². The Morgan fingerprint density at radius 3 is 1.10 bits per heavy atom. The van der Waals surface area contributed by atoms with Crippen molar-refractivity contribution < 1.29 is 8.78 Å². The van der Waals surface area contributed by atoms with E-state index in [1.165, 1.54) is 27.7 Å². The summed E-state index contributed by atoms with van der Waals surface area (Å²) in [5.41, 5.74) is -2.47. The van der Waals surface area contributed by atoms with Crippen LogP contribution in [-0.4, -0.2) is 11.3 Å². The Balaban J connectivity index is 3.56. The molecule has 0 fully saturated rings. The predicted octanol–water partition coefficient (Wildman–Crippen LogP) is 3.26. The molecule has 0 aliphatic rings. The van der Waals surface area contributed by atoms with E-state index in [2.05, 4.69) is 0 Å². The Bertz CT molecular complexity index is 80.8. The summed E-state index contributed by atoms with van der Waals surface area (Å²) in [6.45, 7) is 5.88. The number of alkyl halides is 2. The summed E-state index contributed by atoms with van der Waals surface area (Å²) in [6.07, 6.45) is 0.576. The fraction of sp³-hybridized carbons (Fsp3) is 1.00. The summed E-state index contributed by atoms with van der Waals surface area (Å²) in [5, 5.41) is 0. The van der Waals surface area contributed by atoms with Gasteiger partial charge in [-0.2, -0.15) is 0 Å². The molecule has 0 saturated heterocycles. The van der Waals surface area contributed by atoms with E-state index in [4.69, 9.17) is 0 Å². The Kier molecular flexibility index (Phi) is 2.81. The molecule has 0 aliphatic heterocycles. The molecule has 0 amide bonds. The van der Waals surface area contributed by atoms with Gasteiger partial charge in [-0.15, -0.1) is 0 Å². The molecule has 0 aromatic rings. The zero-order valence-corrected chi connectivity index (χ0v) is 7.17. The van der Waals surface area contributed by atoms with Gasteiger partial charge in [-0.25, -0.2) is 8.78 Å². The molecule has 0 aliphatic carbocycles. The van der Waals surface area contributed by atoms with E-state index in [1.54, 1.807) is 0 Å². The van der Waals surface area contributed by atoms with Crippen molar-refractivity contribution in [2.45, 2.75) is 51.9 Å². The summed E-state index contributed by atoms with van der Waals surface area (Å²) < 4.78 is 25.5. The van der Waals surface area contributed by atoms with Crippen molar-refractivity contribution in [2.75, 3.05) is 0 Å². The maximum absolute atomic E-state index is 12.8. The van der Waals surface area contributed by atoms with Crippen LogP contribution in [0.5, 0.6) is 0 Å². The number of hydrogen-bond acceptors (Lipinski definition) is 0. The maximum Gasteiger partial charge on any atom is 0.105 e. The quantitative estimate of drug-likeness (QED) is 0.579. The second-order valence-corrected chi connectivity index (χ2v) is 3.94. The summed E-state index contributed by atoms with van der Waals surface area (Å²) in [4.78, 5) is 0. The molecular formula is C8H16F2. The van der Waals surface area contributed by atoms with Crippen molar-refractivity contribution in [3.63, 3.8) is 0 Å². The third-order valence-electron chi connectivity index (χ3n) is 1.31. The fourth-order valence-electron chi connectivity index (χ4n) is 0.594. The van der Waals surface area contributed by atoms with Gasteiger partial charge in [-0.1, -0.05) is 0 Å². The van der Waals surface area contributed by atoms with Gasteiger partial charge in [-0.3, -0.25) is 0 Å². The third-order valence-corrected chi connectivity index (χ3v) is 1.31. The molecule has 0 atom stereocenters. The first-order chi connectivity index (χ1) is 4.21. The number of halogens is 2. The molecule has 0 aromatic carbocycles. The van der Waals surface area contributed by atoms with Gasteiger partial charge in [0.05, 0.1) is 0 Å². The minimum Gasteiger partial charge on any atom is -0.244 e. The van der Waals surface area contributed by atoms with E-state index in [-0.39, 0.29) is 12.8 Å². The summed E-state index contributed by atoms with van der Waals surface area (Å²) in [7, 11) is 0. The monoisotopic (exact) mass is 150 g/mol. The highest BCUT2D eigenvalue weighted by molar-refractivity contribution is 4.73. The van der Waals surface area contributed by atoms with Crippen LogP contribution < -0.4 is 0 Å². The minimum absolute atomic E-state index is 0.288. The van der Waals surface area contributed by atoms with E-state index in [1.807, 2.05) is 0 Å². The normalized spacial score (nSPS) is 13.8. The highest BCUT2D eigenvalue weighted by Gasteiger charge is 2.22. The topological polar surface area (TPSA) is 0 Å². The standard InChI is InChI=1S/C8H16F2/c1-7(2,9)5-6-8(3,4)10/h5-6H2,1-4H3. The Hall–Kier alpha value is -0.140. The predicted molar refractivity (Wildman–Crippen MR) is 39.6 cm³/mol. The molecule has 2 heteroatoms. The van der Waals surface area contributed by atoms with Gasteiger partial charge in [-0.05, 0) is 40.5 Å². The molecule has 0 heterocycles. The zero-order chi connectivity index (χ0) is 8.41. The SMILES string of the molecule is CC(C)(F)CCC(C)(C)F. The molecular weight excluding hydrogens is 134 g/mol. The van der Waals surface area contributed by atoms with Gasteiger partial charge in [0.1, 0.15) is 11.3 Å². The summed E-state index contributed by atoms with van der Waals surface area (Å²) in [6, 6.07) is 0. The molecule has 0 nitrogen and oxygen atoms in total. The molecule has 0 bridgehead atoms. The Morgan fingerprint density at radius 1 is 0.800 bits per heavy atom. The van der Waals surface area contributed by atoms with E-state index in [9.17, 15) is 8.78 Å². The van der Waals surface area contributed by atoms with Crippen LogP contribution in [0, 0.1) is 0 Å². The minimum atomic E-state index is -1.23. The second kappa shape index (κ2) is 2.85. The molecule has 0 radical (unpaired) electrons. The average Bonchev–Trinajstić information content (AvgIpc) is 1.57. The molecule has 0 saturated carbocycles. The van der Waals surface area contributed by atoms with Gasteiger partial charge in [0.15, 0.2) is 0 Å². The molecule has 0 rings (SSSR count). The Labute approximate surface area is 61.6 Å². The van der Waals surface area contributed by atoms with Crippen LogP contribution in [-0.2, 0) is 0 Å². The molecule has 0 aromatic heterocycles. The first-order valence-corrected chi connectivity index (χ1v) is 3.59. The number of rotatable bonds is 3. The fourth-order valence-corrected chi connectivity index (χ4v) is 0.594. The lowest BCUT2D eigenvalue weighted by atomic mass is 9.97. The van der Waals surface area contributed by atoms with Crippen molar-refractivity contribution in [1.29, 1.82) is 0 Å². The third kappa shape index (κ3) is 7.86. The van der Waals surface area contributed by atoms with E-state index in [0.29, 0.717) is 0 Å². The van der Waals surface area contributed by atoms with Gasteiger partial charge >= 0.3 is 0 Å². The van der Waals surface area contributed by atoms with Crippen LogP contribution in [0.25, 0.3) is 0 Å². The van der Waals surface area contributed by atoms with Crippen molar-refractivity contribution in [3.8, 4) is 0 Å². The largest absolute Gasteiger partial charge is 0.244 e. The number of hydrogen-bond donors (Lipinski definition) is 0. The first-order valence-electron chi connectivity index (χ1n) is 3.59. The van der Waals surface area contributed by atoms with Crippen LogP contribution in [0.1, 0.15) is 40.5 Å². The van der Waals surface area contributed by atoms with Crippen LogP contribution in [0.15, 0.2) is 0 Å². The lowest BCUT2D eigenvalue weighted by Gasteiger charge is -2.19. The van der Waals surface area contributed by atoms with Gasteiger partial charge in [0, 0.05) is 0 Å². The summed E-state index contributed by atoms with van der Waals surface area (Å²) >= 11 is 0. The molecule has 10 heavy (non-hydrogen) atoms. The van der Waals surface area contributed by atoms with Crippen molar-refractivity contribution in [1.82, 2.24) is 0 Å². The second-order valence-electron chi connectivity index (χ2n) is 3.94. The van der Waals surface area contributed by atoms with Crippen LogP contribution in [0.2, 0.25) is 0 Å². The van der Waals surface area contributed by atoms with E-state index < -0.39 is 11.3 Å². The lowest BCUT2D eigenvalue weighted by Crippen LogP contribution is -2.19. The lowest BCUT2D eigenvalue weighted by molar-refractivity contribution is 0.133. The van der Waals surface area contributed by atoms with Gasteiger partial charge < -0.3 is 0 Å². The highest BCUT2D eigenvalue weighted by atomic mass is 19.1. The smallest absolute Gasteiger partial charge is 0.105 e. The molecule has 0 spiro atoms. The highest BCUT2D eigenvalue weighted by Crippen LogP contribution is 2.23. The molecule has 62 valence electrons. The van der Waals surface area contributed by atoms with Crippen molar-refractivity contribution >= 4 is 0 Å². The van der Waals surface area contributed by atoms with Crippen LogP contribution >= 0.6 is 0 Å². The van der Waals surface area contributed by atoms with Crippen LogP contribution in [0.4, 0.5) is 8.78 Å². The van der Waals surface area contributed by atoms with E-state index in [0.717, 1.165) is 0 Å². The first kappa shape index (κ1) is 9.86. The molecule has 0 N–H and O–H groups in total. The maximum atomic E-state index is 12.8. The zero-order valence-electron chi connectivity index (χ0n) is 7.17.